The van der Waals surface area contributed by atoms with Crippen LogP contribution in [0.2, 0.25) is 0 Å². The number of nitrogens with zero attached hydrogens (tertiary/aromatic N) is 4. The van der Waals surface area contributed by atoms with Crippen molar-refractivity contribution in [3.63, 3.8) is 0 Å². The van der Waals surface area contributed by atoms with Crippen molar-refractivity contribution < 1.29 is 13.2 Å². The molecule has 28 heavy (non-hydrogen) atoms. The molecule has 0 radical (unpaired) electrons. The van der Waals surface area contributed by atoms with Gasteiger partial charge in [0.25, 0.3) is 5.91 Å². The van der Waals surface area contributed by atoms with Crippen LogP contribution in [0.4, 0.5) is 5.13 Å². The maximum Gasteiger partial charge on any atom is 0.265 e. The Balaban J connectivity index is 1.51. The molecule has 2 fully saturated rings. The fraction of sp³-hybridized carbons (Fsp3) is 0.529. The van der Waals surface area contributed by atoms with Gasteiger partial charge in [-0.1, -0.05) is 0 Å². The third-order valence-corrected chi connectivity index (χ3v) is 9.63. The second-order valence-electron chi connectivity index (χ2n) is 6.58. The minimum absolute atomic E-state index is 0.162. The van der Waals surface area contributed by atoms with Gasteiger partial charge in [-0.2, -0.15) is 16.1 Å². The van der Waals surface area contributed by atoms with Gasteiger partial charge in [0.1, 0.15) is 9.77 Å². The Morgan fingerprint density at radius 1 is 1.00 bits per heavy atom. The van der Waals surface area contributed by atoms with E-state index in [1.54, 1.807) is 45.6 Å². The summed E-state index contributed by atoms with van der Waals surface area (Å²) in [6, 6.07) is 1.58. The van der Waals surface area contributed by atoms with E-state index in [9.17, 15) is 13.2 Å². The van der Waals surface area contributed by atoms with Crippen molar-refractivity contribution in [2.45, 2.75) is 11.3 Å². The molecule has 2 aromatic heterocycles. The van der Waals surface area contributed by atoms with Crippen LogP contribution in [-0.4, -0.2) is 79.3 Å². The highest BCUT2D eigenvalue weighted by molar-refractivity contribution is 7.99. The molecule has 4 heterocycles. The molecule has 0 saturated carbocycles. The first-order valence-corrected chi connectivity index (χ1v) is 13.5. The molecule has 0 unspecified atom stereocenters. The molecule has 11 heteroatoms. The summed E-state index contributed by atoms with van der Waals surface area (Å²) in [5.41, 5.74) is 0. The van der Waals surface area contributed by atoms with Crippen molar-refractivity contribution in [2.24, 2.45) is 0 Å². The number of anilines is 1. The fourth-order valence-electron chi connectivity index (χ4n) is 3.41. The first-order valence-electron chi connectivity index (χ1n) is 9.16. The fourth-order valence-corrected chi connectivity index (χ4v) is 8.04. The number of aromatic nitrogens is 1. The van der Waals surface area contributed by atoms with Gasteiger partial charge in [0.15, 0.2) is 5.13 Å². The summed E-state index contributed by atoms with van der Waals surface area (Å²) in [4.78, 5) is 22.0. The van der Waals surface area contributed by atoms with Gasteiger partial charge >= 0.3 is 0 Å². The molecule has 0 aliphatic carbocycles. The van der Waals surface area contributed by atoms with Crippen LogP contribution in [0.15, 0.2) is 27.9 Å². The molecule has 2 saturated heterocycles. The summed E-state index contributed by atoms with van der Waals surface area (Å²) in [7, 11) is -3.62. The van der Waals surface area contributed by atoms with Crippen molar-refractivity contribution in [3.8, 4) is 0 Å². The topological polar surface area (TPSA) is 73.8 Å². The summed E-state index contributed by atoms with van der Waals surface area (Å²) in [6.45, 7) is 3.74. The molecule has 152 valence electrons. The largest absolute Gasteiger partial charge is 0.346 e. The van der Waals surface area contributed by atoms with Crippen LogP contribution < -0.4 is 4.90 Å². The Morgan fingerprint density at radius 3 is 2.57 bits per heavy atom. The normalized spacial score (nSPS) is 19.6. The van der Waals surface area contributed by atoms with Crippen LogP contribution in [0.5, 0.6) is 0 Å². The number of hydrogen-bond donors (Lipinski definition) is 0. The van der Waals surface area contributed by atoms with Crippen LogP contribution >= 0.6 is 34.4 Å². The van der Waals surface area contributed by atoms with Crippen molar-refractivity contribution in [2.75, 3.05) is 55.7 Å². The van der Waals surface area contributed by atoms with Gasteiger partial charge in [0.05, 0.1) is 0 Å². The number of amides is 1. The SMILES string of the molecule is O=C(c1sccc1S(=O)(=O)N1CCSCC1)N1CCCN(c2nccs2)CC1. The smallest absolute Gasteiger partial charge is 0.265 e. The molecule has 0 atom stereocenters. The average molecular weight is 459 g/mol. The van der Waals surface area contributed by atoms with Crippen LogP contribution in [-0.2, 0) is 10.0 Å². The second-order valence-corrected chi connectivity index (χ2v) is 11.5. The maximum atomic E-state index is 13.2. The third kappa shape index (κ3) is 4.09. The highest BCUT2D eigenvalue weighted by atomic mass is 32.2. The molecule has 0 N–H and O–H groups in total. The molecule has 1 amide bonds. The first-order chi connectivity index (χ1) is 13.6. The quantitative estimate of drug-likeness (QED) is 0.700. The van der Waals surface area contributed by atoms with E-state index < -0.39 is 10.0 Å². The Morgan fingerprint density at radius 2 is 1.82 bits per heavy atom. The van der Waals surface area contributed by atoms with E-state index in [2.05, 4.69) is 9.88 Å². The molecular formula is C17H22N4O3S4. The summed E-state index contributed by atoms with van der Waals surface area (Å²) in [5.74, 6) is 1.41. The Labute approximate surface area is 177 Å². The van der Waals surface area contributed by atoms with E-state index in [1.165, 1.54) is 15.6 Å². The number of thioether (sulfide) groups is 1. The van der Waals surface area contributed by atoms with Crippen molar-refractivity contribution >= 4 is 55.5 Å². The van der Waals surface area contributed by atoms with Gasteiger partial charge in [-0.15, -0.1) is 22.7 Å². The molecule has 0 aromatic carbocycles. The number of thiazole rings is 1. The highest BCUT2D eigenvalue weighted by Crippen LogP contribution is 2.29. The highest BCUT2D eigenvalue weighted by Gasteiger charge is 2.33. The number of hydrogen-bond acceptors (Lipinski definition) is 8. The van der Waals surface area contributed by atoms with Crippen molar-refractivity contribution in [3.05, 3.63) is 27.9 Å². The minimum atomic E-state index is -3.62. The number of carbonyl (C=O) groups excluding carboxylic acids is 1. The number of thiophene rings is 1. The molecule has 2 aliphatic rings. The minimum Gasteiger partial charge on any atom is -0.346 e. The lowest BCUT2D eigenvalue weighted by Crippen LogP contribution is -2.39. The van der Waals surface area contributed by atoms with Crippen LogP contribution in [0.3, 0.4) is 0 Å². The predicted octanol–water partition coefficient (Wildman–Crippen LogP) is 2.29. The van der Waals surface area contributed by atoms with Gasteiger partial charge in [0, 0.05) is 62.4 Å². The predicted molar refractivity (Wildman–Crippen MR) is 115 cm³/mol. The molecule has 0 spiro atoms. The summed E-state index contributed by atoms with van der Waals surface area (Å²) < 4.78 is 27.6. The summed E-state index contributed by atoms with van der Waals surface area (Å²) >= 11 is 4.57. The van der Waals surface area contributed by atoms with E-state index in [0.29, 0.717) is 37.6 Å². The van der Waals surface area contributed by atoms with E-state index in [0.717, 1.165) is 29.6 Å². The molecule has 0 bridgehead atoms. The Bertz CT molecular complexity index is 907. The lowest BCUT2D eigenvalue weighted by Gasteiger charge is -2.26. The molecule has 2 aliphatic heterocycles. The molecule has 4 rings (SSSR count). The van der Waals surface area contributed by atoms with Crippen LogP contribution in [0.1, 0.15) is 16.1 Å². The van der Waals surface area contributed by atoms with Crippen molar-refractivity contribution in [1.29, 1.82) is 0 Å². The third-order valence-electron chi connectivity index (χ3n) is 4.88. The standard InChI is InChI=1S/C17H22N4O3S4/c22-16(19-4-1-5-20(7-6-19)17-18-3-11-27-17)15-14(2-10-26-15)28(23,24)21-8-12-25-13-9-21/h2-3,10-11H,1,4-9,12-13H2. The second kappa shape index (κ2) is 8.70. The lowest BCUT2D eigenvalue weighted by atomic mass is 10.3. The van der Waals surface area contributed by atoms with Gasteiger partial charge in [0.2, 0.25) is 10.0 Å². The average Bonchev–Trinajstić information content (AvgIpc) is 3.37. The number of sulfonamides is 1. The lowest BCUT2D eigenvalue weighted by molar-refractivity contribution is 0.0768. The summed E-state index contributed by atoms with van der Waals surface area (Å²) in [6.07, 6.45) is 2.62. The first kappa shape index (κ1) is 20.1. The van der Waals surface area contributed by atoms with E-state index in [4.69, 9.17) is 0 Å². The Kier molecular flexibility index (Phi) is 6.26. The maximum absolute atomic E-state index is 13.2. The number of carbonyl (C=O) groups is 1. The Hall–Kier alpha value is -1.14. The zero-order valence-electron chi connectivity index (χ0n) is 15.3. The zero-order valence-corrected chi connectivity index (χ0v) is 18.6. The van der Waals surface area contributed by atoms with Crippen molar-refractivity contribution in [1.82, 2.24) is 14.2 Å². The molecule has 2 aromatic rings. The molecule has 7 nitrogen and oxygen atoms in total. The zero-order chi connectivity index (χ0) is 19.6. The van der Waals surface area contributed by atoms with E-state index in [1.807, 2.05) is 5.38 Å². The van der Waals surface area contributed by atoms with Gasteiger partial charge in [-0.05, 0) is 17.9 Å². The van der Waals surface area contributed by atoms with Gasteiger partial charge in [-0.25, -0.2) is 13.4 Å². The molecular weight excluding hydrogens is 436 g/mol. The van der Waals surface area contributed by atoms with Crippen LogP contribution in [0, 0.1) is 0 Å². The van der Waals surface area contributed by atoms with Gasteiger partial charge < -0.3 is 9.80 Å². The van der Waals surface area contributed by atoms with Gasteiger partial charge in [-0.3, -0.25) is 4.79 Å². The van der Waals surface area contributed by atoms with E-state index >= 15 is 0 Å². The summed E-state index contributed by atoms with van der Waals surface area (Å²) in [5, 5.41) is 4.63. The van der Waals surface area contributed by atoms with E-state index in [-0.39, 0.29) is 10.8 Å². The van der Waals surface area contributed by atoms with Crippen LogP contribution in [0.25, 0.3) is 0 Å². The monoisotopic (exact) mass is 458 g/mol. The number of rotatable bonds is 4.